The summed E-state index contributed by atoms with van der Waals surface area (Å²) in [5, 5.41) is 0.458. The molecule has 2 aromatic rings. The zero-order chi connectivity index (χ0) is 18.2. The van der Waals surface area contributed by atoms with E-state index >= 15 is 0 Å². The van der Waals surface area contributed by atoms with Crippen LogP contribution in [0.3, 0.4) is 0 Å². The molecule has 0 amide bonds. The number of thiophene rings is 1. The van der Waals surface area contributed by atoms with Gasteiger partial charge in [-0.3, -0.25) is 4.72 Å². The minimum atomic E-state index is -3.68. The second kappa shape index (κ2) is 7.74. The van der Waals surface area contributed by atoms with E-state index in [2.05, 4.69) is 41.5 Å². The number of rotatable bonds is 5. The summed E-state index contributed by atoms with van der Waals surface area (Å²) in [6.07, 6.45) is 0.971. The summed E-state index contributed by atoms with van der Waals surface area (Å²) >= 11 is 13.9. The molecule has 1 aliphatic heterocycles. The average Bonchev–Trinajstić information content (AvgIpc) is 3.09. The fourth-order valence-corrected chi connectivity index (χ4v) is 6.52. The number of halogens is 3. The van der Waals surface area contributed by atoms with Crippen molar-refractivity contribution in [2.75, 3.05) is 24.9 Å². The van der Waals surface area contributed by atoms with E-state index in [1.807, 2.05) is 7.05 Å². The van der Waals surface area contributed by atoms with Crippen LogP contribution in [0.4, 0.5) is 5.69 Å². The third-order valence-corrected chi connectivity index (χ3v) is 9.14. The quantitative estimate of drug-likeness (QED) is 0.603. The summed E-state index contributed by atoms with van der Waals surface area (Å²) in [6.45, 7) is 1.79. The zero-order valence-electron chi connectivity index (χ0n) is 13.1. The van der Waals surface area contributed by atoms with Crippen LogP contribution in [0.15, 0.2) is 36.7 Å². The molecule has 0 saturated carbocycles. The van der Waals surface area contributed by atoms with Crippen LogP contribution in [0.2, 0.25) is 5.02 Å². The van der Waals surface area contributed by atoms with E-state index in [9.17, 15) is 8.42 Å². The molecule has 1 N–H and O–H groups in total. The monoisotopic (exact) mass is 528 g/mol. The van der Waals surface area contributed by atoms with Crippen molar-refractivity contribution in [1.29, 1.82) is 0 Å². The van der Waals surface area contributed by atoms with Crippen LogP contribution in [-0.4, -0.2) is 39.6 Å². The number of hydrogen-bond donors (Lipinski definition) is 1. The van der Waals surface area contributed by atoms with Crippen molar-refractivity contribution in [3.63, 3.8) is 0 Å². The molecule has 25 heavy (non-hydrogen) atoms. The van der Waals surface area contributed by atoms with Gasteiger partial charge in [0, 0.05) is 23.6 Å². The highest BCUT2D eigenvalue weighted by atomic mass is 79.9. The molecule has 1 aromatic heterocycles. The van der Waals surface area contributed by atoms with Crippen LogP contribution in [0.5, 0.6) is 5.75 Å². The standard InChI is InChI=1S/C15H15Br2ClN2O3S2/c1-20-5-4-10(8-20)23-13-6-9(2-3-12(13)18)19-25(21,22)14-7-11(16)15(17)24-14/h2-3,6-7,10,19H,4-5,8H2,1H3. The smallest absolute Gasteiger partial charge is 0.271 e. The van der Waals surface area contributed by atoms with Crippen LogP contribution < -0.4 is 9.46 Å². The third kappa shape index (κ3) is 4.70. The van der Waals surface area contributed by atoms with Gasteiger partial charge in [-0.2, -0.15) is 0 Å². The number of likely N-dealkylation sites (N-methyl/N-ethyl adjacent to an activating group) is 1. The summed E-state index contributed by atoms with van der Waals surface area (Å²) < 4.78 is 35.2. The number of hydrogen-bond acceptors (Lipinski definition) is 5. The predicted molar refractivity (Wildman–Crippen MR) is 109 cm³/mol. The van der Waals surface area contributed by atoms with Crippen LogP contribution in [0.25, 0.3) is 0 Å². The summed E-state index contributed by atoms with van der Waals surface area (Å²) in [6, 6.07) is 6.42. The minimum absolute atomic E-state index is 0.0542. The van der Waals surface area contributed by atoms with Crippen LogP contribution in [-0.2, 0) is 10.0 Å². The first kappa shape index (κ1) is 19.4. The first-order valence-electron chi connectivity index (χ1n) is 7.37. The van der Waals surface area contributed by atoms with Crippen LogP contribution in [0, 0.1) is 0 Å². The highest BCUT2D eigenvalue weighted by molar-refractivity contribution is 9.13. The summed E-state index contributed by atoms with van der Waals surface area (Å²) in [5.74, 6) is 0.482. The van der Waals surface area contributed by atoms with E-state index < -0.39 is 10.0 Å². The maximum atomic E-state index is 12.5. The minimum Gasteiger partial charge on any atom is -0.487 e. The molecule has 2 heterocycles. The maximum absolute atomic E-state index is 12.5. The lowest BCUT2D eigenvalue weighted by molar-refractivity contribution is 0.208. The molecule has 1 fully saturated rings. The highest BCUT2D eigenvalue weighted by Gasteiger charge is 2.23. The molecule has 1 saturated heterocycles. The lowest BCUT2D eigenvalue weighted by Gasteiger charge is -2.16. The van der Waals surface area contributed by atoms with Crippen molar-refractivity contribution in [1.82, 2.24) is 4.90 Å². The molecule has 10 heteroatoms. The van der Waals surface area contributed by atoms with Crippen molar-refractivity contribution in [2.24, 2.45) is 0 Å². The number of nitrogens with zero attached hydrogens (tertiary/aromatic N) is 1. The van der Waals surface area contributed by atoms with E-state index in [-0.39, 0.29) is 10.3 Å². The number of likely N-dealkylation sites (tertiary alicyclic amines) is 1. The van der Waals surface area contributed by atoms with Gasteiger partial charge in [-0.05, 0) is 63.5 Å². The third-order valence-electron chi connectivity index (χ3n) is 3.71. The SMILES string of the molecule is CN1CCC(Oc2cc(NS(=O)(=O)c3cc(Br)c(Br)s3)ccc2Cl)C1. The Bertz CT molecular complexity index is 869. The Balaban J connectivity index is 1.79. The largest absolute Gasteiger partial charge is 0.487 e. The highest BCUT2D eigenvalue weighted by Crippen LogP contribution is 2.36. The Hall–Kier alpha value is -0.320. The van der Waals surface area contributed by atoms with Gasteiger partial charge in [0.2, 0.25) is 0 Å². The van der Waals surface area contributed by atoms with Gasteiger partial charge in [-0.15, -0.1) is 11.3 Å². The first-order chi connectivity index (χ1) is 11.7. The Morgan fingerprint density at radius 1 is 1.36 bits per heavy atom. The molecular formula is C15H15Br2ClN2O3S2. The van der Waals surface area contributed by atoms with Crippen molar-refractivity contribution >= 4 is 70.5 Å². The van der Waals surface area contributed by atoms with Gasteiger partial charge in [0.1, 0.15) is 16.1 Å². The van der Waals surface area contributed by atoms with E-state index in [0.29, 0.717) is 20.9 Å². The zero-order valence-corrected chi connectivity index (χ0v) is 18.7. The van der Waals surface area contributed by atoms with Crippen LogP contribution in [0.1, 0.15) is 6.42 Å². The maximum Gasteiger partial charge on any atom is 0.271 e. The molecule has 0 spiro atoms. The fraction of sp³-hybridized carbons (Fsp3) is 0.333. The van der Waals surface area contributed by atoms with Gasteiger partial charge in [0.25, 0.3) is 10.0 Å². The second-order valence-corrected chi connectivity index (χ2v) is 11.3. The van der Waals surface area contributed by atoms with Crippen LogP contribution >= 0.6 is 54.8 Å². The predicted octanol–water partition coefficient (Wildman–Crippen LogP) is 4.81. The van der Waals surface area contributed by atoms with Gasteiger partial charge in [0.15, 0.2) is 0 Å². The summed E-state index contributed by atoms with van der Waals surface area (Å²) in [7, 11) is -1.64. The van der Waals surface area contributed by atoms with Crippen molar-refractivity contribution in [2.45, 2.75) is 16.7 Å². The molecule has 0 bridgehead atoms. The van der Waals surface area contributed by atoms with Gasteiger partial charge in [0.05, 0.1) is 14.5 Å². The van der Waals surface area contributed by atoms with Gasteiger partial charge < -0.3 is 9.64 Å². The van der Waals surface area contributed by atoms with E-state index in [4.69, 9.17) is 16.3 Å². The number of benzene rings is 1. The van der Waals surface area contributed by atoms with Gasteiger partial charge >= 0.3 is 0 Å². The molecule has 0 radical (unpaired) electrons. The molecule has 3 rings (SSSR count). The van der Waals surface area contributed by atoms with Crippen molar-refractivity contribution < 1.29 is 13.2 Å². The Labute approximate surface area is 172 Å². The van der Waals surface area contributed by atoms with Crippen molar-refractivity contribution in [3.8, 4) is 5.75 Å². The van der Waals surface area contributed by atoms with E-state index in [1.165, 1.54) is 0 Å². The first-order valence-corrected chi connectivity index (χ1v) is 11.6. The Morgan fingerprint density at radius 3 is 2.72 bits per heavy atom. The van der Waals surface area contributed by atoms with E-state index in [0.717, 1.165) is 34.6 Å². The number of anilines is 1. The Morgan fingerprint density at radius 2 is 2.12 bits per heavy atom. The normalized spacial score (nSPS) is 18.5. The summed E-state index contributed by atoms with van der Waals surface area (Å²) in [5.41, 5.74) is 0.409. The number of sulfonamides is 1. The average molecular weight is 531 g/mol. The lowest BCUT2D eigenvalue weighted by atomic mass is 10.3. The second-order valence-electron chi connectivity index (χ2n) is 5.73. The molecule has 136 valence electrons. The molecule has 1 aliphatic rings. The number of nitrogens with one attached hydrogen (secondary N) is 1. The fourth-order valence-electron chi connectivity index (χ4n) is 2.49. The van der Waals surface area contributed by atoms with E-state index in [1.54, 1.807) is 24.3 Å². The molecular weight excluding hydrogens is 516 g/mol. The molecule has 1 aromatic carbocycles. The van der Waals surface area contributed by atoms with Gasteiger partial charge in [-0.1, -0.05) is 11.6 Å². The molecule has 0 aliphatic carbocycles. The summed E-state index contributed by atoms with van der Waals surface area (Å²) in [4.78, 5) is 2.18. The Kier molecular flexibility index (Phi) is 6.02. The van der Waals surface area contributed by atoms with Crippen molar-refractivity contribution in [3.05, 3.63) is 37.5 Å². The van der Waals surface area contributed by atoms with Gasteiger partial charge in [-0.25, -0.2) is 8.42 Å². The number of ether oxygens (including phenoxy) is 1. The molecule has 1 unspecified atom stereocenters. The topological polar surface area (TPSA) is 58.6 Å². The molecule has 5 nitrogen and oxygen atoms in total. The molecule has 1 atom stereocenters. The lowest BCUT2D eigenvalue weighted by Crippen LogP contribution is -2.21.